The van der Waals surface area contributed by atoms with E-state index < -0.39 is 0 Å². The molecule has 0 aromatic carbocycles. The van der Waals surface area contributed by atoms with Crippen molar-refractivity contribution in [3.63, 3.8) is 0 Å². The summed E-state index contributed by atoms with van der Waals surface area (Å²) in [7, 11) is 0. The molecule has 1 fully saturated rings. The highest BCUT2D eigenvalue weighted by atomic mass is 15.1. The second-order valence-corrected chi connectivity index (χ2v) is 4.03. The van der Waals surface area contributed by atoms with Crippen molar-refractivity contribution in [3.05, 3.63) is 12.3 Å². The van der Waals surface area contributed by atoms with Gasteiger partial charge in [0, 0.05) is 12.2 Å². The van der Waals surface area contributed by atoms with Crippen LogP contribution in [0.25, 0.3) is 0 Å². The minimum Gasteiger partial charge on any atom is -0.384 e. The molecular formula is C10H16N4. The van der Waals surface area contributed by atoms with E-state index in [2.05, 4.69) is 22.2 Å². The van der Waals surface area contributed by atoms with Crippen molar-refractivity contribution in [2.45, 2.75) is 32.2 Å². The quantitative estimate of drug-likeness (QED) is 0.761. The van der Waals surface area contributed by atoms with Crippen molar-refractivity contribution in [1.29, 1.82) is 0 Å². The highest BCUT2D eigenvalue weighted by Gasteiger charge is 2.23. The molecule has 14 heavy (non-hydrogen) atoms. The van der Waals surface area contributed by atoms with Gasteiger partial charge in [-0.1, -0.05) is 12.8 Å². The average molecular weight is 192 g/mol. The molecule has 4 heteroatoms. The summed E-state index contributed by atoms with van der Waals surface area (Å²) in [6.07, 6.45) is 5.64. The Balaban J connectivity index is 1.88. The van der Waals surface area contributed by atoms with E-state index in [0.717, 1.165) is 5.92 Å². The number of nitrogen functional groups attached to an aromatic ring is 1. The normalized spacial score (nSPS) is 17.8. The lowest BCUT2D eigenvalue weighted by Gasteiger charge is -2.12. The van der Waals surface area contributed by atoms with E-state index in [1.807, 2.05) is 0 Å². The number of rotatable bonds is 4. The molecule has 1 aliphatic rings. The van der Waals surface area contributed by atoms with Crippen LogP contribution in [-0.2, 0) is 0 Å². The number of hydrogen-bond donors (Lipinski definition) is 2. The highest BCUT2D eigenvalue weighted by Crippen LogP contribution is 2.33. The van der Waals surface area contributed by atoms with Crippen LogP contribution in [0.4, 0.5) is 11.8 Å². The van der Waals surface area contributed by atoms with Gasteiger partial charge in [0.2, 0.25) is 5.95 Å². The van der Waals surface area contributed by atoms with Crippen molar-refractivity contribution >= 4 is 11.8 Å². The minimum absolute atomic E-state index is 0.435. The van der Waals surface area contributed by atoms with Gasteiger partial charge in [-0.05, 0) is 25.3 Å². The minimum atomic E-state index is 0.435. The summed E-state index contributed by atoms with van der Waals surface area (Å²) in [6, 6.07) is 2.13. The van der Waals surface area contributed by atoms with Crippen LogP contribution in [0.3, 0.4) is 0 Å². The van der Waals surface area contributed by atoms with Gasteiger partial charge in [0.05, 0.1) is 0 Å². The first-order chi connectivity index (χ1) is 6.74. The van der Waals surface area contributed by atoms with Crippen molar-refractivity contribution < 1.29 is 0 Å². The molecule has 0 spiro atoms. The van der Waals surface area contributed by atoms with Gasteiger partial charge in [-0.25, -0.2) is 4.98 Å². The molecule has 0 amide bonds. The van der Waals surface area contributed by atoms with Gasteiger partial charge >= 0.3 is 0 Å². The Kier molecular flexibility index (Phi) is 2.52. The molecule has 1 aromatic rings. The number of nitrogens with two attached hydrogens (primary N) is 1. The molecule has 0 saturated heterocycles. The summed E-state index contributed by atoms with van der Waals surface area (Å²) < 4.78 is 0. The maximum Gasteiger partial charge on any atom is 0.224 e. The molecule has 0 bridgehead atoms. The molecule has 1 saturated carbocycles. The lowest BCUT2D eigenvalue weighted by Crippen LogP contribution is -2.17. The number of aromatic nitrogens is 2. The zero-order chi connectivity index (χ0) is 9.97. The first-order valence-corrected chi connectivity index (χ1v) is 5.09. The maximum atomic E-state index is 5.56. The molecule has 1 aliphatic carbocycles. The summed E-state index contributed by atoms with van der Waals surface area (Å²) in [5, 5.41) is 3.25. The smallest absolute Gasteiger partial charge is 0.224 e. The van der Waals surface area contributed by atoms with Gasteiger partial charge in [0.25, 0.3) is 0 Å². The number of anilines is 2. The van der Waals surface area contributed by atoms with E-state index in [1.165, 1.54) is 19.3 Å². The molecule has 1 heterocycles. The zero-order valence-electron chi connectivity index (χ0n) is 8.40. The summed E-state index contributed by atoms with van der Waals surface area (Å²) in [5.41, 5.74) is 5.56. The van der Waals surface area contributed by atoms with Crippen molar-refractivity contribution in [3.8, 4) is 0 Å². The number of nitrogens with zero attached hydrogens (tertiary/aromatic N) is 2. The lowest BCUT2D eigenvalue weighted by atomic mass is 10.2. The van der Waals surface area contributed by atoms with E-state index in [1.54, 1.807) is 12.3 Å². The van der Waals surface area contributed by atoms with Crippen LogP contribution in [0.1, 0.15) is 26.2 Å². The molecule has 1 atom stereocenters. The summed E-state index contributed by atoms with van der Waals surface area (Å²) in [6.45, 7) is 2.16. The third-order valence-electron chi connectivity index (χ3n) is 2.44. The molecule has 0 aliphatic heterocycles. The van der Waals surface area contributed by atoms with Gasteiger partial charge in [0.1, 0.15) is 5.82 Å². The molecule has 76 valence electrons. The maximum absolute atomic E-state index is 5.56. The largest absolute Gasteiger partial charge is 0.384 e. The first-order valence-electron chi connectivity index (χ1n) is 5.09. The van der Waals surface area contributed by atoms with E-state index in [9.17, 15) is 0 Å². The molecule has 4 nitrogen and oxygen atoms in total. The fourth-order valence-electron chi connectivity index (χ4n) is 1.58. The first kappa shape index (κ1) is 9.24. The van der Waals surface area contributed by atoms with E-state index in [0.29, 0.717) is 17.8 Å². The van der Waals surface area contributed by atoms with Crippen molar-refractivity contribution in [2.24, 2.45) is 5.92 Å². The third kappa shape index (κ3) is 2.58. The van der Waals surface area contributed by atoms with Crippen LogP contribution in [0.2, 0.25) is 0 Å². The van der Waals surface area contributed by atoms with Crippen molar-refractivity contribution in [1.82, 2.24) is 9.97 Å². The van der Waals surface area contributed by atoms with Crippen LogP contribution in [-0.4, -0.2) is 16.0 Å². The monoisotopic (exact) mass is 192 g/mol. The Hall–Kier alpha value is -1.32. The van der Waals surface area contributed by atoms with Crippen LogP contribution in [0, 0.1) is 5.92 Å². The van der Waals surface area contributed by atoms with Gasteiger partial charge in [-0.2, -0.15) is 4.98 Å². The van der Waals surface area contributed by atoms with E-state index >= 15 is 0 Å². The van der Waals surface area contributed by atoms with Crippen molar-refractivity contribution in [2.75, 3.05) is 11.1 Å². The Morgan fingerprint density at radius 1 is 1.64 bits per heavy atom. The third-order valence-corrected chi connectivity index (χ3v) is 2.44. The molecule has 3 N–H and O–H groups in total. The van der Waals surface area contributed by atoms with Crippen LogP contribution in [0.15, 0.2) is 12.3 Å². The van der Waals surface area contributed by atoms with E-state index in [4.69, 9.17) is 5.73 Å². The van der Waals surface area contributed by atoms with Gasteiger partial charge < -0.3 is 11.1 Å². The van der Waals surface area contributed by atoms with Crippen LogP contribution >= 0.6 is 0 Å². The molecule has 0 radical (unpaired) electrons. The topological polar surface area (TPSA) is 63.8 Å². The second kappa shape index (κ2) is 3.82. The Bertz CT molecular complexity index is 309. The van der Waals surface area contributed by atoms with E-state index in [-0.39, 0.29) is 0 Å². The summed E-state index contributed by atoms with van der Waals surface area (Å²) in [5.74, 6) is 2.07. The van der Waals surface area contributed by atoms with Crippen LogP contribution in [0.5, 0.6) is 0 Å². The number of nitrogens with one attached hydrogen (secondary N) is 1. The van der Waals surface area contributed by atoms with Crippen LogP contribution < -0.4 is 11.1 Å². The average Bonchev–Trinajstić information content (AvgIpc) is 2.87. The number of hydrogen-bond acceptors (Lipinski definition) is 4. The highest BCUT2D eigenvalue weighted by molar-refractivity contribution is 5.35. The molecular weight excluding hydrogens is 176 g/mol. The zero-order valence-corrected chi connectivity index (χ0v) is 8.40. The fourth-order valence-corrected chi connectivity index (χ4v) is 1.58. The second-order valence-electron chi connectivity index (χ2n) is 4.03. The predicted molar refractivity (Wildman–Crippen MR) is 56.9 cm³/mol. The van der Waals surface area contributed by atoms with Gasteiger partial charge in [0.15, 0.2) is 0 Å². The summed E-state index contributed by atoms with van der Waals surface area (Å²) in [4.78, 5) is 8.20. The Labute approximate surface area is 83.9 Å². The predicted octanol–water partition coefficient (Wildman–Crippen LogP) is 1.66. The summed E-state index contributed by atoms with van der Waals surface area (Å²) >= 11 is 0. The SMILES string of the molecule is CC(CC1CC1)Nc1nccc(N)n1. The lowest BCUT2D eigenvalue weighted by molar-refractivity contribution is 0.637. The molecule has 1 aromatic heterocycles. The van der Waals surface area contributed by atoms with Gasteiger partial charge in [-0.3, -0.25) is 0 Å². The molecule has 1 unspecified atom stereocenters. The Morgan fingerprint density at radius 3 is 3.07 bits per heavy atom. The standard InChI is InChI=1S/C10H16N4/c1-7(6-8-2-3-8)13-10-12-5-4-9(11)14-10/h4-5,7-8H,2-3,6H2,1H3,(H3,11,12,13,14). The molecule has 2 rings (SSSR count). The Morgan fingerprint density at radius 2 is 2.43 bits per heavy atom. The fraction of sp³-hybridized carbons (Fsp3) is 0.600. The van der Waals surface area contributed by atoms with Gasteiger partial charge in [-0.15, -0.1) is 0 Å².